The third kappa shape index (κ3) is 3.78. The second-order valence-electron chi connectivity index (χ2n) is 4.76. The van der Waals surface area contributed by atoms with Gasteiger partial charge in [-0.3, -0.25) is 4.79 Å². The van der Waals surface area contributed by atoms with Gasteiger partial charge in [0.1, 0.15) is 12.1 Å². The third-order valence-electron chi connectivity index (χ3n) is 3.11. The van der Waals surface area contributed by atoms with Gasteiger partial charge < -0.3 is 14.2 Å². The number of nitrogens with zero attached hydrogens (tertiary/aromatic N) is 1. The van der Waals surface area contributed by atoms with Crippen molar-refractivity contribution in [2.45, 2.75) is 6.42 Å². The van der Waals surface area contributed by atoms with Crippen LogP contribution in [-0.2, 0) is 6.42 Å². The van der Waals surface area contributed by atoms with Crippen LogP contribution in [0.2, 0.25) is 5.22 Å². The Hall–Kier alpha value is -2.60. The number of carbonyl (C=O) groups excluding carboxylic acids is 1. The Morgan fingerprint density at radius 1 is 1.22 bits per heavy atom. The molecule has 0 bridgehead atoms. The molecular weight excluding hydrogens is 323 g/mol. The van der Waals surface area contributed by atoms with Gasteiger partial charge in [-0.1, -0.05) is 0 Å². The van der Waals surface area contributed by atoms with Crippen molar-refractivity contribution in [2.24, 2.45) is 0 Å². The first-order valence-electron chi connectivity index (χ1n) is 6.86. The van der Waals surface area contributed by atoms with E-state index in [1.165, 1.54) is 30.5 Å². The maximum atomic E-state index is 12.9. The number of hydrogen-bond donors (Lipinski definition) is 1. The van der Waals surface area contributed by atoms with Gasteiger partial charge >= 0.3 is 0 Å². The van der Waals surface area contributed by atoms with Gasteiger partial charge in [0.15, 0.2) is 11.0 Å². The van der Waals surface area contributed by atoms with E-state index in [1.54, 1.807) is 12.1 Å². The molecule has 0 radical (unpaired) electrons. The Labute approximate surface area is 136 Å². The standard InChI is InChI=1S/C16H12ClFN2O3/c17-14-6-5-13(23-14)15(21)19-8-7-12-9-22-16(20-12)10-1-3-11(18)4-2-10/h1-6,9H,7-8H2,(H,19,21). The summed E-state index contributed by atoms with van der Waals surface area (Å²) in [4.78, 5) is 16.1. The molecule has 0 unspecified atom stereocenters. The molecule has 0 spiro atoms. The van der Waals surface area contributed by atoms with Crippen molar-refractivity contribution in [1.29, 1.82) is 0 Å². The number of halogens is 2. The first kappa shape index (κ1) is 15.3. The molecule has 1 amide bonds. The fourth-order valence-corrected chi connectivity index (χ4v) is 2.12. The first-order valence-corrected chi connectivity index (χ1v) is 7.23. The highest BCUT2D eigenvalue weighted by atomic mass is 35.5. The average Bonchev–Trinajstić information content (AvgIpc) is 3.17. The minimum Gasteiger partial charge on any atom is -0.444 e. The lowest BCUT2D eigenvalue weighted by atomic mass is 10.2. The molecule has 7 heteroatoms. The zero-order chi connectivity index (χ0) is 16.2. The lowest BCUT2D eigenvalue weighted by Crippen LogP contribution is -2.25. The van der Waals surface area contributed by atoms with Crippen molar-refractivity contribution in [3.8, 4) is 11.5 Å². The zero-order valence-corrected chi connectivity index (χ0v) is 12.6. The van der Waals surface area contributed by atoms with E-state index < -0.39 is 0 Å². The summed E-state index contributed by atoms with van der Waals surface area (Å²) in [6.45, 7) is 0.368. The van der Waals surface area contributed by atoms with Gasteiger partial charge in [-0.15, -0.1) is 0 Å². The highest BCUT2D eigenvalue weighted by Gasteiger charge is 2.11. The molecule has 0 aliphatic carbocycles. The van der Waals surface area contributed by atoms with Crippen molar-refractivity contribution in [3.05, 3.63) is 65.2 Å². The molecule has 0 saturated heterocycles. The number of furan rings is 1. The van der Waals surface area contributed by atoms with Crippen molar-refractivity contribution in [1.82, 2.24) is 10.3 Å². The number of hydrogen-bond acceptors (Lipinski definition) is 4. The monoisotopic (exact) mass is 334 g/mol. The predicted molar refractivity (Wildman–Crippen MR) is 81.7 cm³/mol. The number of oxazole rings is 1. The molecule has 23 heavy (non-hydrogen) atoms. The number of rotatable bonds is 5. The molecule has 0 aliphatic rings. The summed E-state index contributed by atoms with van der Waals surface area (Å²) in [7, 11) is 0. The number of aromatic nitrogens is 1. The molecule has 0 saturated carbocycles. The van der Waals surface area contributed by atoms with Crippen LogP contribution in [0.4, 0.5) is 4.39 Å². The normalized spacial score (nSPS) is 10.7. The van der Waals surface area contributed by atoms with E-state index in [2.05, 4.69) is 10.3 Å². The molecule has 118 valence electrons. The summed E-state index contributed by atoms with van der Waals surface area (Å²) < 4.78 is 23.2. The minimum absolute atomic E-state index is 0.155. The maximum absolute atomic E-state index is 12.9. The van der Waals surface area contributed by atoms with Gasteiger partial charge in [-0.05, 0) is 48.0 Å². The average molecular weight is 335 g/mol. The zero-order valence-electron chi connectivity index (χ0n) is 11.9. The van der Waals surface area contributed by atoms with Crippen LogP contribution in [0.25, 0.3) is 11.5 Å². The highest BCUT2D eigenvalue weighted by molar-refractivity contribution is 6.29. The van der Waals surface area contributed by atoms with Crippen LogP contribution < -0.4 is 5.32 Å². The summed E-state index contributed by atoms with van der Waals surface area (Å²) in [5.41, 5.74) is 1.37. The Morgan fingerprint density at radius 3 is 2.70 bits per heavy atom. The molecule has 5 nitrogen and oxygen atoms in total. The van der Waals surface area contributed by atoms with E-state index >= 15 is 0 Å². The van der Waals surface area contributed by atoms with Gasteiger partial charge in [-0.2, -0.15) is 0 Å². The molecule has 1 N–H and O–H groups in total. The quantitative estimate of drug-likeness (QED) is 0.772. The number of amides is 1. The maximum Gasteiger partial charge on any atom is 0.287 e. The van der Waals surface area contributed by atoms with E-state index in [0.29, 0.717) is 30.1 Å². The molecule has 0 atom stereocenters. The van der Waals surface area contributed by atoms with Crippen molar-refractivity contribution >= 4 is 17.5 Å². The molecule has 3 rings (SSSR count). The van der Waals surface area contributed by atoms with Crippen molar-refractivity contribution < 1.29 is 18.0 Å². The molecular formula is C16H12ClFN2O3. The van der Waals surface area contributed by atoms with Gasteiger partial charge in [0.2, 0.25) is 5.89 Å². The van der Waals surface area contributed by atoms with E-state index in [9.17, 15) is 9.18 Å². The van der Waals surface area contributed by atoms with Crippen LogP contribution in [0.1, 0.15) is 16.2 Å². The summed E-state index contributed by atoms with van der Waals surface area (Å²) in [5, 5.41) is 2.86. The number of carbonyl (C=O) groups is 1. The van der Waals surface area contributed by atoms with Crippen molar-refractivity contribution in [2.75, 3.05) is 6.54 Å². The summed E-state index contributed by atoms with van der Waals surface area (Å²) in [6.07, 6.45) is 2.00. The lowest BCUT2D eigenvalue weighted by molar-refractivity contribution is 0.0926. The Kier molecular flexibility index (Phi) is 4.43. The summed E-state index contributed by atoms with van der Waals surface area (Å²) in [5.74, 6) is -0.105. The predicted octanol–water partition coefficient (Wildman–Crippen LogP) is 3.70. The lowest BCUT2D eigenvalue weighted by Gasteiger charge is -2.00. The number of benzene rings is 1. The van der Waals surface area contributed by atoms with E-state index in [0.717, 1.165) is 0 Å². The molecule has 0 fully saturated rings. The Morgan fingerprint density at radius 2 is 2.00 bits per heavy atom. The summed E-state index contributed by atoms with van der Waals surface area (Å²) >= 11 is 5.61. The third-order valence-corrected chi connectivity index (χ3v) is 3.31. The molecule has 3 aromatic rings. The van der Waals surface area contributed by atoms with Crippen molar-refractivity contribution in [3.63, 3.8) is 0 Å². The smallest absolute Gasteiger partial charge is 0.287 e. The fourth-order valence-electron chi connectivity index (χ4n) is 1.97. The second kappa shape index (κ2) is 6.66. The van der Waals surface area contributed by atoms with Crippen LogP contribution in [0, 0.1) is 5.82 Å². The van der Waals surface area contributed by atoms with Gasteiger partial charge in [0, 0.05) is 18.5 Å². The van der Waals surface area contributed by atoms with Gasteiger partial charge in [-0.25, -0.2) is 9.37 Å². The van der Waals surface area contributed by atoms with Crippen LogP contribution in [0.5, 0.6) is 0 Å². The van der Waals surface area contributed by atoms with Gasteiger partial charge in [0.25, 0.3) is 5.91 Å². The van der Waals surface area contributed by atoms with Crippen LogP contribution in [-0.4, -0.2) is 17.4 Å². The van der Waals surface area contributed by atoms with Crippen LogP contribution in [0.3, 0.4) is 0 Å². The Balaban J connectivity index is 1.55. The van der Waals surface area contributed by atoms with E-state index in [-0.39, 0.29) is 22.7 Å². The second-order valence-corrected chi connectivity index (χ2v) is 5.13. The largest absolute Gasteiger partial charge is 0.444 e. The highest BCUT2D eigenvalue weighted by Crippen LogP contribution is 2.19. The van der Waals surface area contributed by atoms with Gasteiger partial charge in [0.05, 0.1) is 5.69 Å². The molecule has 1 aromatic carbocycles. The molecule has 2 heterocycles. The van der Waals surface area contributed by atoms with E-state index in [1.807, 2.05) is 0 Å². The topological polar surface area (TPSA) is 68.3 Å². The minimum atomic E-state index is -0.348. The van der Waals surface area contributed by atoms with Crippen LogP contribution >= 0.6 is 11.6 Å². The van der Waals surface area contributed by atoms with E-state index in [4.69, 9.17) is 20.4 Å². The van der Waals surface area contributed by atoms with Crippen LogP contribution in [0.15, 0.2) is 51.5 Å². The SMILES string of the molecule is O=C(NCCc1coc(-c2ccc(F)cc2)n1)c1ccc(Cl)o1. The number of nitrogens with one attached hydrogen (secondary N) is 1. The molecule has 2 aromatic heterocycles. The fraction of sp³-hybridized carbons (Fsp3) is 0.125. The Bertz CT molecular complexity index is 811. The molecule has 0 aliphatic heterocycles. The first-order chi connectivity index (χ1) is 11.1. The summed E-state index contributed by atoms with van der Waals surface area (Å²) in [6, 6.07) is 8.87.